The average molecular weight is 340 g/mol. The van der Waals surface area contributed by atoms with Crippen molar-refractivity contribution in [2.75, 3.05) is 13.2 Å². The number of benzene rings is 1. The van der Waals surface area contributed by atoms with Crippen LogP contribution < -0.4 is 10.1 Å². The fourth-order valence-corrected chi connectivity index (χ4v) is 2.92. The Labute approximate surface area is 138 Å². The smallest absolute Gasteiger partial charge is 0.258 e. The molecule has 1 aromatic carbocycles. The summed E-state index contributed by atoms with van der Waals surface area (Å²) in [4.78, 5) is 11.8. The van der Waals surface area contributed by atoms with Crippen molar-refractivity contribution >= 4 is 28.8 Å². The molecule has 2 aromatic rings. The van der Waals surface area contributed by atoms with Gasteiger partial charge in [-0.15, -0.1) is 0 Å². The quantitative estimate of drug-likeness (QED) is 0.850. The Bertz CT molecular complexity index is 641. The highest BCUT2D eigenvalue weighted by atomic mass is 35.5. The van der Waals surface area contributed by atoms with E-state index in [0.717, 1.165) is 11.1 Å². The molecule has 2 N–H and O–H groups in total. The fourth-order valence-electron chi connectivity index (χ4n) is 1.91. The maximum atomic E-state index is 11.8. The first kappa shape index (κ1) is 16.8. The zero-order valence-electron chi connectivity index (χ0n) is 12.4. The minimum absolute atomic E-state index is 0.109. The van der Waals surface area contributed by atoms with Crippen molar-refractivity contribution in [1.82, 2.24) is 5.32 Å². The summed E-state index contributed by atoms with van der Waals surface area (Å²) in [5.74, 6) is 0.328. The lowest BCUT2D eigenvalue weighted by atomic mass is 9.99. The van der Waals surface area contributed by atoms with Gasteiger partial charge >= 0.3 is 0 Å². The lowest BCUT2D eigenvalue weighted by Gasteiger charge is -2.22. The van der Waals surface area contributed by atoms with Gasteiger partial charge in [0, 0.05) is 5.02 Å². The van der Waals surface area contributed by atoms with Gasteiger partial charge in [0.2, 0.25) is 0 Å². The van der Waals surface area contributed by atoms with E-state index in [-0.39, 0.29) is 19.1 Å². The summed E-state index contributed by atoms with van der Waals surface area (Å²) < 4.78 is 5.46. The number of rotatable bonds is 6. The SMILES string of the molecule is Cc1cc(Cl)ccc1OCC(=O)NCC(C)(O)c1ccsc1. The molecule has 1 amide bonds. The topological polar surface area (TPSA) is 58.6 Å². The molecule has 0 aliphatic rings. The first-order valence-corrected chi connectivity index (χ1v) is 8.11. The first-order chi connectivity index (χ1) is 10.4. The molecule has 0 spiro atoms. The highest BCUT2D eigenvalue weighted by Gasteiger charge is 2.24. The summed E-state index contributed by atoms with van der Waals surface area (Å²) >= 11 is 7.37. The number of hydrogen-bond acceptors (Lipinski definition) is 4. The molecule has 0 bridgehead atoms. The van der Waals surface area contributed by atoms with Gasteiger partial charge in [-0.2, -0.15) is 11.3 Å². The van der Waals surface area contributed by atoms with E-state index in [1.807, 2.05) is 23.8 Å². The molecular formula is C16H18ClNO3S. The number of nitrogens with one attached hydrogen (secondary N) is 1. The summed E-state index contributed by atoms with van der Waals surface area (Å²) in [6.45, 7) is 3.55. The Morgan fingerprint density at radius 2 is 2.23 bits per heavy atom. The van der Waals surface area contributed by atoms with E-state index >= 15 is 0 Å². The van der Waals surface area contributed by atoms with Gasteiger partial charge in [-0.1, -0.05) is 11.6 Å². The zero-order valence-corrected chi connectivity index (χ0v) is 14.0. The second-order valence-corrected chi connectivity index (χ2v) is 6.48. The molecule has 0 saturated heterocycles. The predicted octanol–water partition coefficient (Wildman–Crippen LogP) is 3.11. The molecule has 1 atom stereocenters. The number of halogens is 1. The van der Waals surface area contributed by atoms with E-state index in [1.54, 1.807) is 25.1 Å². The monoisotopic (exact) mass is 339 g/mol. The zero-order chi connectivity index (χ0) is 16.2. The van der Waals surface area contributed by atoms with Crippen molar-refractivity contribution in [3.8, 4) is 5.75 Å². The molecule has 1 heterocycles. The van der Waals surface area contributed by atoms with Gasteiger partial charge < -0.3 is 15.2 Å². The lowest BCUT2D eigenvalue weighted by Crippen LogP contribution is -2.40. The van der Waals surface area contributed by atoms with Crippen LogP contribution in [0, 0.1) is 6.92 Å². The third-order valence-corrected chi connectivity index (χ3v) is 4.19. The van der Waals surface area contributed by atoms with Crippen molar-refractivity contribution in [1.29, 1.82) is 0 Å². The summed E-state index contributed by atoms with van der Waals surface area (Å²) in [5, 5.41) is 17.4. The van der Waals surface area contributed by atoms with Crippen LogP contribution >= 0.6 is 22.9 Å². The summed E-state index contributed by atoms with van der Waals surface area (Å²) in [7, 11) is 0. The van der Waals surface area contributed by atoms with Crippen molar-refractivity contribution in [3.63, 3.8) is 0 Å². The molecular weight excluding hydrogens is 322 g/mol. The highest BCUT2D eigenvalue weighted by molar-refractivity contribution is 7.08. The molecule has 1 aromatic heterocycles. The predicted molar refractivity (Wildman–Crippen MR) is 88.6 cm³/mol. The summed E-state index contributed by atoms with van der Waals surface area (Å²) in [6, 6.07) is 7.05. The summed E-state index contributed by atoms with van der Waals surface area (Å²) in [5.41, 5.74) is 0.559. The number of carbonyl (C=O) groups excluding carboxylic acids is 1. The third-order valence-electron chi connectivity index (χ3n) is 3.27. The van der Waals surface area contributed by atoms with E-state index in [9.17, 15) is 9.90 Å². The average Bonchev–Trinajstić information content (AvgIpc) is 2.99. The van der Waals surface area contributed by atoms with Gasteiger partial charge in [-0.05, 0) is 60.0 Å². The summed E-state index contributed by atoms with van der Waals surface area (Å²) in [6.07, 6.45) is 0. The normalized spacial score (nSPS) is 13.5. The highest BCUT2D eigenvalue weighted by Crippen LogP contribution is 2.23. The molecule has 0 saturated carbocycles. The maximum absolute atomic E-state index is 11.8. The van der Waals surface area contributed by atoms with Crippen LogP contribution in [0.3, 0.4) is 0 Å². The van der Waals surface area contributed by atoms with Crippen LogP contribution in [0.25, 0.3) is 0 Å². The second-order valence-electron chi connectivity index (χ2n) is 5.26. The minimum Gasteiger partial charge on any atom is -0.484 e. The van der Waals surface area contributed by atoms with Gasteiger partial charge in [0.25, 0.3) is 5.91 Å². The maximum Gasteiger partial charge on any atom is 0.258 e. The van der Waals surface area contributed by atoms with Crippen molar-refractivity contribution in [2.45, 2.75) is 19.4 Å². The number of carbonyl (C=O) groups is 1. The van der Waals surface area contributed by atoms with E-state index in [2.05, 4.69) is 5.32 Å². The molecule has 6 heteroatoms. The molecule has 0 fully saturated rings. The van der Waals surface area contributed by atoms with Gasteiger partial charge in [0.15, 0.2) is 6.61 Å². The van der Waals surface area contributed by atoms with E-state index < -0.39 is 5.60 Å². The molecule has 118 valence electrons. The lowest BCUT2D eigenvalue weighted by molar-refractivity contribution is -0.124. The third kappa shape index (κ3) is 4.47. The number of hydrogen-bond donors (Lipinski definition) is 2. The van der Waals surface area contributed by atoms with Crippen LogP contribution in [0.4, 0.5) is 0 Å². The van der Waals surface area contributed by atoms with E-state index in [4.69, 9.17) is 16.3 Å². The number of aryl methyl sites for hydroxylation is 1. The Kier molecular flexibility index (Phi) is 5.45. The van der Waals surface area contributed by atoms with Crippen LogP contribution in [0.1, 0.15) is 18.1 Å². The molecule has 4 nitrogen and oxygen atoms in total. The van der Waals surface area contributed by atoms with Crippen LogP contribution in [0.15, 0.2) is 35.0 Å². The van der Waals surface area contributed by atoms with Crippen molar-refractivity contribution in [3.05, 3.63) is 51.2 Å². The Morgan fingerprint density at radius 3 is 2.86 bits per heavy atom. The van der Waals surface area contributed by atoms with E-state index in [0.29, 0.717) is 10.8 Å². The largest absolute Gasteiger partial charge is 0.484 e. The molecule has 0 radical (unpaired) electrons. The van der Waals surface area contributed by atoms with Crippen LogP contribution in [-0.2, 0) is 10.4 Å². The van der Waals surface area contributed by atoms with Crippen molar-refractivity contribution < 1.29 is 14.6 Å². The fraction of sp³-hybridized carbons (Fsp3) is 0.312. The van der Waals surface area contributed by atoms with Gasteiger partial charge in [0.1, 0.15) is 11.4 Å². The molecule has 22 heavy (non-hydrogen) atoms. The Morgan fingerprint density at radius 1 is 1.45 bits per heavy atom. The minimum atomic E-state index is -1.09. The standard InChI is InChI=1S/C16H18ClNO3S/c1-11-7-13(17)3-4-14(11)21-8-15(19)18-10-16(2,20)12-5-6-22-9-12/h3-7,9,20H,8,10H2,1-2H3,(H,18,19). The number of ether oxygens (including phenoxy) is 1. The first-order valence-electron chi connectivity index (χ1n) is 6.79. The van der Waals surface area contributed by atoms with Crippen LogP contribution in [-0.4, -0.2) is 24.2 Å². The van der Waals surface area contributed by atoms with Gasteiger partial charge in [-0.3, -0.25) is 4.79 Å². The van der Waals surface area contributed by atoms with E-state index in [1.165, 1.54) is 11.3 Å². The second kappa shape index (κ2) is 7.13. The number of aliphatic hydroxyl groups is 1. The van der Waals surface area contributed by atoms with Gasteiger partial charge in [0.05, 0.1) is 6.54 Å². The van der Waals surface area contributed by atoms with Gasteiger partial charge in [-0.25, -0.2) is 0 Å². The van der Waals surface area contributed by atoms with Crippen LogP contribution in [0.5, 0.6) is 5.75 Å². The molecule has 1 unspecified atom stereocenters. The number of amides is 1. The molecule has 2 rings (SSSR count). The number of thiophene rings is 1. The molecule has 0 aliphatic carbocycles. The molecule has 0 aliphatic heterocycles. The van der Waals surface area contributed by atoms with Crippen molar-refractivity contribution in [2.24, 2.45) is 0 Å². The Balaban J connectivity index is 1.83. The Hall–Kier alpha value is -1.56. The van der Waals surface area contributed by atoms with Crippen LogP contribution in [0.2, 0.25) is 5.02 Å².